The van der Waals surface area contributed by atoms with E-state index in [4.69, 9.17) is 0 Å². The first-order valence-electron chi connectivity index (χ1n) is 5.07. The maximum Gasteiger partial charge on any atom is 0.0965 e. The summed E-state index contributed by atoms with van der Waals surface area (Å²) < 4.78 is 0.961. The molecule has 3 N–H and O–H groups in total. The van der Waals surface area contributed by atoms with Crippen molar-refractivity contribution in [2.45, 2.75) is 12.1 Å². The van der Waals surface area contributed by atoms with Gasteiger partial charge in [0.1, 0.15) is 0 Å². The molecule has 16 heavy (non-hydrogen) atoms. The molecular weight excluding hydrogens is 270 g/mol. The molecule has 1 aromatic carbocycles. The minimum absolute atomic E-state index is 0.120. The molecular formula is C12H16BrNO2. The molecule has 3 nitrogen and oxygen atoms in total. The van der Waals surface area contributed by atoms with Crippen LogP contribution in [0.4, 0.5) is 0 Å². The molecule has 0 fully saturated rings. The highest BCUT2D eigenvalue weighted by Gasteiger charge is 2.18. The highest BCUT2D eigenvalue weighted by Crippen LogP contribution is 2.19. The van der Waals surface area contributed by atoms with Crippen molar-refractivity contribution < 1.29 is 10.2 Å². The molecule has 0 radical (unpaired) electrons. The summed E-state index contributed by atoms with van der Waals surface area (Å²) in [5.41, 5.74) is 0.777. The van der Waals surface area contributed by atoms with Crippen LogP contribution in [0.2, 0.25) is 0 Å². The summed E-state index contributed by atoms with van der Waals surface area (Å²) in [5.74, 6) is 0. The smallest absolute Gasteiger partial charge is 0.0965 e. The second kappa shape index (κ2) is 6.81. The number of benzene rings is 1. The number of nitrogens with one attached hydrogen (secondary N) is 1. The van der Waals surface area contributed by atoms with Crippen molar-refractivity contribution in [1.29, 1.82) is 0 Å². The number of aliphatic hydroxyl groups excluding tert-OH is 2. The fourth-order valence-electron chi connectivity index (χ4n) is 1.40. The number of hydrogen-bond donors (Lipinski definition) is 3. The monoisotopic (exact) mass is 285 g/mol. The molecule has 0 aliphatic carbocycles. The van der Waals surface area contributed by atoms with Crippen LogP contribution in [0.1, 0.15) is 11.7 Å². The topological polar surface area (TPSA) is 52.5 Å². The zero-order valence-electron chi connectivity index (χ0n) is 8.94. The highest BCUT2D eigenvalue weighted by atomic mass is 79.9. The van der Waals surface area contributed by atoms with Gasteiger partial charge in [-0.15, -0.1) is 6.58 Å². The summed E-state index contributed by atoms with van der Waals surface area (Å²) >= 11 is 3.33. The quantitative estimate of drug-likeness (QED) is 0.697. The van der Waals surface area contributed by atoms with E-state index in [9.17, 15) is 10.2 Å². The molecule has 0 unspecified atom stereocenters. The van der Waals surface area contributed by atoms with Crippen molar-refractivity contribution >= 4 is 15.9 Å². The van der Waals surface area contributed by atoms with E-state index in [0.717, 1.165) is 10.0 Å². The molecule has 0 spiro atoms. The van der Waals surface area contributed by atoms with Crippen LogP contribution in [0, 0.1) is 0 Å². The Hall–Kier alpha value is -0.680. The van der Waals surface area contributed by atoms with Crippen LogP contribution < -0.4 is 5.32 Å². The Kier molecular flexibility index (Phi) is 5.69. The van der Waals surface area contributed by atoms with Gasteiger partial charge in [0.05, 0.1) is 18.8 Å². The summed E-state index contributed by atoms with van der Waals surface area (Å²) in [6.45, 7) is 4.01. The zero-order chi connectivity index (χ0) is 12.0. The number of aliphatic hydroxyl groups is 2. The van der Waals surface area contributed by atoms with Gasteiger partial charge >= 0.3 is 0 Å². The maximum atomic E-state index is 10.0. The minimum Gasteiger partial charge on any atom is -0.395 e. The van der Waals surface area contributed by atoms with Gasteiger partial charge in [-0.25, -0.2) is 0 Å². The van der Waals surface area contributed by atoms with Crippen LogP contribution in [-0.4, -0.2) is 29.4 Å². The second-order valence-corrected chi connectivity index (χ2v) is 4.40. The molecule has 4 heteroatoms. The van der Waals surface area contributed by atoms with E-state index < -0.39 is 6.10 Å². The first-order valence-corrected chi connectivity index (χ1v) is 5.87. The SMILES string of the molecule is C=CCN[C@H](CO)[C@H](O)c1ccc(Br)cc1. The van der Waals surface area contributed by atoms with Crippen LogP contribution in [0.25, 0.3) is 0 Å². The molecule has 1 rings (SSSR count). The van der Waals surface area contributed by atoms with Gasteiger partial charge in [-0.3, -0.25) is 0 Å². The fourth-order valence-corrected chi connectivity index (χ4v) is 1.67. The van der Waals surface area contributed by atoms with Gasteiger partial charge in [0.15, 0.2) is 0 Å². The molecule has 0 aliphatic rings. The number of rotatable bonds is 6. The lowest BCUT2D eigenvalue weighted by atomic mass is 10.0. The van der Waals surface area contributed by atoms with Crippen LogP contribution in [-0.2, 0) is 0 Å². The van der Waals surface area contributed by atoms with Crippen molar-refractivity contribution in [3.8, 4) is 0 Å². The Morgan fingerprint density at radius 1 is 1.38 bits per heavy atom. The van der Waals surface area contributed by atoms with Crippen molar-refractivity contribution in [1.82, 2.24) is 5.32 Å². The van der Waals surface area contributed by atoms with Gasteiger partial charge < -0.3 is 15.5 Å². The first kappa shape index (κ1) is 13.4. The van der Waals surface area contributed by atoms with E-state index in [1.807, 2.05) is 24.3 Å². The molecule has 1 aromatic rings. The average molecular weight is 286 g/mol. The predicted molar refractivity (Wildman–Crippen MR) is 68.2 cm³/mol. The van der Waals surface area contributed by atoms with E-state index >= 15 is 0 Å². The van der Waals surface area contributed by atoms with Crippen molar-refractivity contribution in [3.05, 3.63) is 47.0 Å². The lowest BCUT2D eigenvalue weighted by Gasteiger charge is -2.22. The van der Waals surface area contributed by atoms with Crippen molar-refractivity contribution in [2.24, 2.45) is 0 Å². The van der Waals surface area contributed by atoms with Crippen LogP contribution in [0.5, 0.6) is 0 Å². The summed E-state index contributed by atoms with van der Waals surface area (Å²) in [6, 6.07) is 7.00. The van der Waals surface area contributed by atoms with Gasteiger partial charge in [0.25, 0.3) is 0 Å². The van der Waals surface area contributed by atoms with Crippen LogP contribution >= 0.6 is 15.9 Å². The Morgan fingerprint density at radius 2 is 2.00 bits per heavy atom. The largest absolute Gasteiger partial charge is 0.395 e. The summed E-state index contributed by atoms with van der Waals surface area (Å²) in [4.78, 5) is 0. The lowest BCUT2D eigenvalue weighted by Crippen LogP contribution is -2.38. The number of halogens is 1. The second-order valence-electron chi connectivity index (χ2n) is 3.48. The molecule has 0 aliphatic heterocycles. The standard InChI is InChI=1S/C12H16BrNO2/c1-2-7-14-11(8-15)12(16)9-3-5-10(13)6-4-9/h2-6,11-12,14-16H,1,7-8H2/t11-,12-/m1/s1. The van der Waals surface area contributed by atoms with E-state index in [0.29, 0.717) is 6.54 Å². The summed E-state index contributed by atoms with van der Waals surface area (Å²) in [7, 11) is 0. The third-order valence-electron chi connectivity index (χ3n) is 2.31. The average Bonchev–Trinajstić information content (AvgIpc) is 2.30. The molecule has 2 atom stereocenters. The van der Waals surface area contributed by atoms with Crippen molar-refractivity contribution in [3.63, 3.8) is 0 Å². The van der Waals surface area contributed by atoms with Crippen LogP contribution in [0.15, 0.2) is 41.4 Å². The molecule has 0 bridgehead atoms. The Morgan fingerprint density at radius 3 is 2.50 bits per heavy atom. The fraction of sp³-hybridized carbons (Fsp3) is 0.333. The van der Waals surface area contributed by atoms with E-state index in [2.05, 4.69) is 27.8 Å². The van der Waals surface area contributed by atoms with Gasteiger partial charge in [0.2, 0.25) is 0 Å². The normalized spacial score (nSPS) is 14.4. The molecule has 0 heterocycles. The third-order valence-corrected chi connectivity index (χ3v) is 2.84. The predicted octanol–water partition coefficient (Wildman–Crippen LogP) is 1.62. The Labute approximate surface area is 104 Å². The molecule has 0 saturated heterocycles. The molecule has 0 amide bonds. The third kappa shape index (κ3) is 3.72. The van der Waals surface area contributed by atoms with Gasteiger partial charge in [0, 0.05) is 11.0 Å². The Bertz CT molecular complexity index is 326. The maximum absolute atomic E-state index is 10.0. The highest BCUT2D eigenvalue weighted by molar-refractivity contribution is 9.10. The van der Waals surface area contributed by atoms with Gasteiger partial charge in [-0.05, 0) is 17.7 Å². The zero-order valence-corrected chi connectivity index (χ0v) is 10.5. The molecule has 0 aromatic heterocycles. The lowest BCUT2D eigenvalue weighted by molar-refractivity contribution is 0.0920. The van der Waals surface area contributed by atoms with E-state index in [1.54, 1.807) is 6.08 Å². The minimum atomic E-state index is -0.724. The van der Waals surface area contributed by atoms with E-state index in [-0.39, 0.29) is 12.6 Å². The van der Waals surface area contributed by atoms with Crippen LogP contribution in [0.3, 0.4) is 0 Å². The number of hydrogen-bond acceptors (Lipinski definition) is 3. The van der Waals surface area contributed by atoms with E-state index in [1.165, 1.54) is 0 Å². The van der Waals surface area contributed by atoms with Gasteiger partial charge in [-0.2, -0.15) is 0 Å². The molecule has 88 valence electrons. The summed E-state index contributed by atoms with van der Waals surface area (Å²) in [5, 5.41) is 22.2. The molecule has 0 saturated carbocycles. The summed E-state index contributed by atoms with van der Waals surface area (Å²) in [6.07, 6.45) is 0.967. The first-order chi connectivity index (χ1) is 7.69. The van der Waals surface area contributed by atoms with Crippen molar-refractivity contribution in [2.75, 3.05) is 13.2 Å². The van der Waals surface area contributed by atoms with Gasteiger partial charge in [-0.1, -0.05) is 34.1 Å². The Balaban J connectivity index is 2.69.